The molecular formula is C19H32N2O. The van der Waals surface area contributed by atoms with Crippen LogP contribution in [0.1, 0.15) is 47.0 Å². The molecule has 0 radical (unpaired) electrons. The zero-order valence-corrected chi connectivity index (χ0v) is 14.7. The summed E-state index contributed by atoms with van der Waals surface area (Å²) in [5.74, 6) is 0.766. The summed E-state index contributed by atoms with van der Waals surface area (Å²) in [5, 5.41) is 3.03. The maximum absolute atomic E-state index is 11.5. The molecule has 1 unspecified atom stereocenters. The molecular weight excluding hydrogens is 272 g/mol. The summed E-state index contributed by atoms with van der Waals surface area (Å²) < 4.78 is 0. The van der Waals surface area contributed by atoms with Crippen LogP contribution in [-0.2, 0) is 4.79 Å². The fraction of sp³-hybridized carbons (Fsp3) is 0.632. The topological polar surface area (TPSA) is 32.3 Å². The van der Waals surface area contributed by atoms with E-state index >= 15 is 0 Å². The highest BCUT2D eigenvalue weighted by Gasteiger charge is 2.31. The molecule has 3 nitrogen and oxygen atoms in total. The van der Waals surface area contributed by atoms with Gasteiger partial charge in [-0.25, -0.2) is 0 Å². The zero-order chi connectivity index (χ0) is 16.5. The molecule has 1 atom stereocenters. The van der Waals surface area contributed by atoms with Crippen molar-refractivity contribution in [2.75, 3.05) is 19.6 Å². The summed E-state index contributed by atoms with van der Waals surface area (Å²) >= 11 is 0. The van der Waals surface area contributed by atoms with Crippen LogP contribution in [0.15, 0.2) is 36.0 Å². The number of amides is 1. The number of carbonyl (C=O) groups is 1. The molecule has 1 fully saturated rings. The quantitative estimate of drug-likeness (QED) is 0.659. The molecule has 0 bridgehead atoms. The Labute approximate surface area is 136 Å². The van der Waals surface area contributed by atoms with Crippen molar-refractivity contribution in [2.24, 2.45) is 5.92 Å². The molecule has 0 spiro atoms. The highest BCUT2D eigenvalue weighted by molar-refractivity contribution is 5.75. The number of rotatable bonds is 9. The second-order valence-corrected chi connectivity index (χ2v) is 6.29. The Bertz CT molecular complexity index is 431. The van der Waals surface area contributed by atoms with Crippen molar-refractivity contribution in [3.63, 3.8) is 0 Å². The van der Waals surface area contributed by atoms with Gasteiger partial charge in [-0.1, -0.05) is 44.2 Å². The van der Waals surface area contributed by atoms with E-state index in [0.717, 1.165) is 38.0 Å². The average molecular weight is 304 g/mol. The fourth-order valence-electron chi connectivity index (χ4n) is 2.77. The fourth-order valence-corrected chi connectivity index (χ4v) is 2.77. The Morgan fingerprint density at radius 3 is 2.64 bits per heavy atom. The van der Waals surface area contributed by atoms with Crippen molar-refractivity contribution in [1.82, 2.24) is 10.2 Å². The maximum Gasteiger partial charge on any atom is 0.219 e. The van der Waals surface area contributed by atoms with Crippen LogP contribution in [0.25, 0.3) is 0 Å². The minimum Gasteiger partial charge on any atom is -0.356 e. The molecule has 1 amide bonds. The van der Waals surface area contributed by atoms with E-state index in [2.05, 4.69) is 55.8 Å². The first-order valence-electron chi connectivity index (χ1n) is 8.52. The van der Waals surface area contributed by atoms with Crippen molar-refractivity contribution >= 4 is 5.91 Å². The van der Waals surface area contributed by atoms with Crippen LogP contribution < -0.4 is 5.32 Å². The van der Waals surface area contributed by atoms with Crippen LogP contribution in [0.3, 0.4) is 0 Å². The van der Waals surface area contributed by atoms with Gasteiger partial charge >= 0.3 is 0 Å². The number of likely N-dealkylation sites (tertiary alicyclic amines) is 1. The van der Waals surface area contributed by atoms with E-state index in [-0.39, 0.29) is 5.91 Å². The van der Waals surface area contributed by atoms with E-state index in [1.165, 1.54) is 5.57 Å². The molecule has 0 saturated carbocycles. The van der Waals surface area contributed by atoms with Gasteiger partial charge in [-0.2, -0.15) is 0 Å². The third kappa shape index (κ3) is 5.80. The van der Waals surface area contributed by atoms with Crippen LogP contribution >= 0.6 is 0 Å². The van der Waals surface area contributed by atoms with Gasteiger partial charge in [0.05, 0.1) is 0 Å². The summed E-state index contributed by atoms with van der Waals surface area (Å²) in [5.41, 5.74) is 2.44. The van der Waals surface area contributed by atoms with Crippen LogP contribution in [-0.4, -0.2) is 36.5 Å². The summed E-state index contributed by atoms with van der Waals surface area (Å²) in [6.45, 7) is 15.5. The normalized spacial score (nSPS) is 18.3. The van der Waals surface area contributed by atoms with Crippen molar-refractivity contribution < 1.29 is 4.79 Å². The minimum atomic E-state index is 0.182. The van der Waals surface area contributed by atoms with Gasteiger partial charge in [-0.3, -0.25) is 9.69 Å². The van der Waals surface area contributed by atoms with E-state index in [1.54, 1.807) is 0 Å². The number of allylic oxidation sites excluding steroid dienone is 3. The number of carbonyl (C=O) groups excluding carboxylic acids is 1. The van der Waals surface area contributed by atoms with Gasteiger partial charge in [0.1, 0.15) is 0 Å². The second-order valence-electron chi connectivity index (χ2n) is 6.29. The number of hydrogen-bond acceptors (Lipinski definition) is 2. The molecule has 3 heteroatoms. The number of nitrogens with one attached hydrogen (secondary N) is 1. The molecule has 1 N–H and O–H groups in total. The van der Waals surface area contributed by atoms with Gasteiger partial charge < -0.3 is 5.32 Å². The van der Waals surface area contributed by atoms with Crippen molar-refractivity contribution in [2.45, 2.75) is 53.0 Å². The Hall–Kier alpha value is -1.35. The molecule has 0 aromatic heterocycles. The third-order valence-electron chi connectivity index (χ3n) is 4.19. The molecule has 1 aliphatic rings. The molecule has 22 heavy (non-hydrogen) atoms. The lowest BCUT2D eigenvalue weighted by Crippen LogP contribution is -2.55. The summed E-state index contributed by atoms with van der Waals surface area (Å²) in [6.07, 6.45) is 9.09. The van der Waals surface area contributed by atoms with Gasteiger partial charge in [0.15, 0.2) is 0 Å². The van der Waals surface area contributed by atoms with Crippen LogP contribution in [0, 0.1) is 5.92 Å². The largest absolute Gasteiger partial charge is 0.356 e. The molecule has 0 aromatic carbocycles. The minimum absolute atomic E-state index is 0.182. The van der Waals surface area contributed by atoms with Gasteiger partial charge in [-0.15, -0.1) is 0 Å². The first kappa shape index (κ1) is 18.7. The summed E-state index contributed by atoms with van der Waals surface area (Å²) in [7, 11) is 0. The Morgan fingerprint density at radius 2 is 2.09 bits per heavy atom. The smallest absolute Gasteiger partial charge is 0.219 e. The monoisotopic (exact) mass is 304 g/mol. The number of nitrogens with zero attached hydrogens (tertiary/aromatic N) is 1. The predicted octanol–water partition coefficient (Wildman–Crippen LogP) is 3.69. The lowest BCUT2D eigenvalue weighted by Gasteiger charge is -2.44. The van der Waals surface area contributed by atoms with Crippen molar-refractivity contribution in [3.8, 4) is 0 Å². The van der Waals surface area contributed by atoms with E-state index in [9.17, 15) is 4.79 Å². The van der Waals surface area contributed by atoms with Crippen molar-refractivity contribution in [1.29, 1.82) is 0 Å². The molecule has 1 rings (SSSR count). The number of hydrogen-bond donors (Lipinski definition) is 1. The second kappa shape index (κ2) is 9.62. The first-order chi connectivity index (χ1) is 10.5. The third-order valence-corrected chi connectivity index (χ3v) is 4.19. The van der Waals surface area contributed by atoms with Crippen molar-refractivity contribution in [3.05, 3.63) is 36.0 Å². The highest BCUT2D eigenvalue weighted by atomic mass is 16.1. The molecule has 0 aromatic rings. The van der Waals surface area contributed by atoms with Crippen LogP contribution in [0.4, 0.5) is 0 Å². The molecule has 124 valence electrons. The summed E-state index contributed by atoms with van der Waals surface area (Å²) in [6, 6.07) is 0.390. The van der Waals surface area contributed by atoms with Gasteiger partial charge in [0.2, 0.25) is 5.91 Å². The Morgan fingerprint density at radius 1 is 1.41 bits per heavy atom. The van der Waals surface area contributed by atoms with Crippen LogP contribution in [0.2, 0.25) is 0 Å². The summed E-state index contributed by atoms with van der Waals surface area (Å²) in [4.78, 5) is 13.9. The van der Waals surface area contributed by atoms with Crippen LogP contribution in [0.5, 0.6) is 0 Å². The molecule has 0 aliphatic carbocycles. The van der Waals surface area contributed by atoms with Gasteiger partial charge in [0, 0.05) is 38.0 Å². The first-order valence-corrected chi connectivity index (χ1v) is 8.52. The van der Waals surface area contributed by atoms with E-state index in [0.29, 0.717) is 18.4 Å². The molecule has 1 heterocycles. The average Bonchev–Trinajstić information content (AvgIpc) is 2.41. The zero-order valence-electron chi connectivity index (χ0n) is 14.7. The van der Waals surface area contributed by atoms with E-state index < -0.39 is 0 Å². The van der Waals surface area contributed by atoms with E-state index in [1.807, 2.05) is 6.92 Å². The van der Waals surface area contributed by atoms with Gasteiger partial charge in [-0.05, 0) is 32.3 Å². The lowest BCUT2D eigenvalue weighted by molar-refractivity contribution is -0.121. The molecule has 1 saturated heterocycles. The Kier molecular flexibility index (Phi) is 8.18. The predicted molar refractivity (Wildman–Crippen MR) is 94.8 cm³/mol. The Balaban J connectivity index is 2.43. The van der Waals surface area contributed by atoms with Gasteiger partial charge in [0.25, 0.3) is 0 Å². The standard InChI is InChI=1S/C19H32N2O/c1-6-8-9-11-18(15(3)4)16(5)21-13-17(14-21)12-20-19(22)10-7-2/h8-9,11,16-17H,3,6-7,10,12-14H2,1-2,4-5H3,(H,20,22)/b9-8-,18-11+. The SMILES string of the molecule is C=C(C)/C(=C\C=C/CC)C(C)N1CC(CNC(=O)CCC)C1. The highest BCUT2D eigenvalue weighted by Crippen LogP contribution is 2.25. The lowest BCUT2D eigenvalue weighted by atomic mass is 9.92. The maximum atomic E-state index is 11.5. The molecule has 1 aliphatic heterocycles. The van der Waals surface area contributed by atoms with E-state index in [4.69, 9.17) is 0 Å².